The lowest BCUT2D eigenvalue weighted by molar-refractivity contribution is 0.0764. The van der Waals surface area contributed by atoms with Crippen molar-refractivity contribution in [1.82, 2.24) is 9.21 Å². The van der Waals surface area contributed by atoms with E-state index in [0.29, 0.717) is 15.7 Å². The van der Waals surface area contributed by atoms with E-state index < -0.39 is 10.0 Å². The molecule has 0 spiro atoms. The maximum absolute atomic E-state index is 13.1. The van der Waals surface area contributed by atoms with Gasteiger partial charge in [0, 0.05) is 24.2 Å². The number of carbonyl (C=O) groups excluding carboxylic acids is 1. The van der Waals surface area contributed by atoms with E-state index >= 15 is 0 Å². The van der Waals surface area contributed by atoms with Crippen molar-refractivity contribution in [2.45, 2.75) is 18.4 Å². The zero-order valence-electron chi connectivity index (χ0n) is 15.4. The largest absolute Gasteiger partial charge is 0.323 e. The first-order valence-electron chi connectivity index (χ1n) is 8.17. The Balaban J connectivity index is 2.40. The van der Waals surface area contributed by atoms with Crippen LogP contribution in [0.3, 0.4) is 0 Å². The van der Waals surface area contributed by atoms with Gasteiger partial charge in [0.2, 0.25) is 10.0 Å². The molecule has 0 heterocycles. The summed E-state index contributed by atoms with van der Waals surface area (Å²) in [4.78, 5) is 14.7. The lowest BCUT2D eigenvalue weighted by atomic mass is 10.1. The number of rotatable bonds is 6. The number of sulfonamides is 1. The molecule has 2 aromatic carbocycles. The van der Waals surface area contributed by atoms with Gasteiger partial charge < -0.3 is 4.90 Å². The van der Waals surface area contributed by atoms with Crippen LogP contribution in [0.2, 0.25) is 0 Å². The molecule has 27 heavy (non-hydrogen) atoms. The summed E-state index contributed by atoms with van der Waals surface area (Å²) in [7, 11) is -0.722. The SMILES string of the molecule is C#CCN(Cc1ccc(C)cc1)C(=O)c1cc(S(=O)(=O)N(C)C)ccc1I. The van der Waals surface area contributed by atoms with Gasteiger partial charge in [-0.3, -0.25) is 4.79 Å². The fourth-order valence-electron chi connectivity index (χ4n) is 2.43. The highest BCUT2D eigenvalue weighted by atomic mass is 127. The molecule has 0 saturated carbocycles. The fourth-order valence-corrected chi connectivity index (χ4v) is 3.93. The van der Waals surface area contributed by atoms with Gasteiger partial charge in [-0.25, -0.2) is 12.7 Å². The van der Waals surface area contributed by atoms with Crippen LogP contribution >= 0.6 is 22.6 Å². The van der Waals surface area contributed by atoms with E-state index in [1.54, 1.807) is 6.07 Å². The molecule has 1 amide bonds. The predicted octanol–water partition coefficient (Wildman–Crippen LogP) is 3.13. The van der Waals surface area contributed by atoms with Gasteiger partial charge in [-0.1, -0.05) is 35.7 Å². The molecule has 5 nitrogen and oxygen atoms in total. The van der Waals surface area contributed by atoms with Crippen LogP contribution in [0.1, 0.15) is 21.5 Å². The molecular weight excluding hydrogens is 475 g/mol. The number of halogens is 1. The van der Waals surface area contributed by atoms with Crippen molar-refractivity contribution >= 4 is 38.5 Å². The van der Waals surface area contributed by atoms with E-state index in [1.807, 2.05) is 53.8 Å². The van der Waals surface area contributed by atoms with Crippen LogP contribution < -0.4 is 0 Å². The Labute approximate surface area is 174 Å². The second-order valence-corrected chi connectivity index (χ2v) is 9.59. The van der Waals surface area contributed by atoms with Gasteiger partial charge in [0.25, 0.3) is 5.91 Å². The average Bonchev–Trinajstić information content (AvgIpc) is 2.62. The number of terminal acetylenes is 1. The van der Waals surface area contributed by atoms with E-state index in [4.69, 9.17) is 6.42 Å². The first-order chi connectivity index (χ1) is 12.7. The summed E-state index contributed by atoms with van der Waals surface area (Å²) in [6.07, 6.45) is 5.45. The molecule has 2 aromatic rings. The van der Waals surface area contributed by atoms with Crippen molar-refractivity contribution in [3.8, 4) is 12.3 Å². The van der Waals surface area contributed by atoms with Crippen LogP contribution in [0.15, 0.2) is 47.4 Å². The molecule has 2 rings (SSSR count). The van der Waals surface area contributed by atoms with Gasteiger partial charge in [-0.2, -0.15) is 0 Å². The molecule has 0 fully saturated rings. The zero-order valence-corrected chi connectivity index (χ0v) is 18.4. The Morgan fingerprint density at radius 3 is 2.33 bits per heavy atom. The molecule has 0 unspecified atom stereocenters. The average molecular weight is 496 g/mol. The molecule has 0 bridgehead atoms. The van der Waals surface area contributed by atoms with E-state index in [9.17, 15) is 13.2 Å². The number of benzene rings is 2. The van der Waals surface area contributed by atoms with Gasteiger partial charge in [0.05, 0.1) is 17.0 Å². The number of hydrogen-bond acceptors (Lipinski definition) is 3. The molecule has 0 aliphatic carbocycles. The van der Waals surface area contributed by atoms with Crippen LogP contribution in [-0.4, -0.2) is 44.2 Å². The van der Waals surface area contributed by atoms with E-state index in [1.165, 1.54) is 31.1 Å². The highest BCUT2D eigenvalue weighted by Crippen LogP contribution is 2.22. The number of carbonyl (C=O) groups is 1. The smallest absolute Gasteiger partial charge is 0.256 e. The molecule has 0 aromatic heterocycles. The Morgan fingerprint density at radius 1 is 1.15 bits per heavy atom. The highest BCUT2D eigenvalue weighted by Gasteiger charge is 2.23. The Hall–Kier alpha value is -1.89. The van der Waals surface area contributed by atoms with Crippen LogP contribution in [0.5, 0.6) is 0 Å². The summed E-state index contributed by atoms with van der Waals surface area (Å²) >= 11 is 2.03. The molecule has 0 aliphatic rings. The van der Waals surface area contributed by atoms with Gasteiger partial charge in [0.15, 0.2) is 0 Å². The number of amides is 1. The monoisotopic (exact) mass is 496 g/mol. The van der Waals surface area contributed by atoms with Gasteiger partial charge in [-0.15, -0.1) is 6.42 Å². The highest BCUT2D eigenvalue weighted by molar-refractivity contribution is 14.1. The first kappa shape index (κ1) is 21.4. The molecule has 0 radical (unpaired) electrons. The van der Waals surface area contributed by atoms with Crippen molar-refractivity contribution in [3.05, 3.63) is 62.7 Å². The van der Waals surface area contributed by atoms with Crippen LogP contribution in [-0.2, 0) is 16.6 Å². The minimum absolute atomic E-state index is 0.0762. The molecule has 7 heteroatoms. The molecule has 0 atom stereocenters. The summed E-state index contributed by atoms with van der Waals surface area (Å²) in [5.41, 5.74) is 2.40. The number of hydrogen-bond donors (Lipinski definition) is 0. The zero-order chi connectivity index (χ0) is 20.2. The Morgan fingerprint density at radius 2 is 1.78 bits per heavy atom. The third kappa shape index (κ3) is 5.09. The Kier molecular flexibility index (Phi) is 7.03. The summed E-state index contributed by atoms with van der Waals surface area (Å²) in [6, 6.07) is 12.4. The van der Waals surface area contributed by atoms with Gasteiger partial charge >= 0.3 is 0 Å². The normalized spacial score (nSPS) is 11.3. The van der Waals surface area contributed by atoms with E-state index in [0.717, 1.165) is 15.4 Å². The molecular formula is C20H21IN2O3S. The van der Waals surface area contributed by atoms with Gasteiger partial charge in [0.1, 0.15) is 0 Å². The topological polar surface area (TPSA) is 57.7 Å². The fraction of sp³-hybridized carbons (Fsp3) is 0.250. The maximum atomic E-state index is 13.1. The number of aryl methyl sites for hydroxylation is 1. The lowest BCUT2D eigenvalue weighted by Crippen LogP contribution is -2.32. The summed E-state index contributed by atoms with van der Waals surface area (Å²) in [5.74, 6) is 2.21. The second kappa shape index (κ2) is 8.87. The van der Waals surface area contributed by atoms with Crippen molar-refractivity contribution in [3.63, 3.8) is 0 Å². The van der Waals surface area contributed by atoms with E-state index in [-0.39, 0.29) is 17.3 Å². The summed E-state index contributed by atoms with van der Waals surface area (Å²) in [5, 5.41) is 0. The first-order valence-corrected chi connectivity index (χ1v) is 10.7. The minimum atomic E-state index is -3.63. The van der Waals surface area contributed by atoms with Crippen LogP contribution in [0.25, 0.3) is 0 Å². The summed E-state index contributed by atoms with van der Waals surface area (Å²) in [6.45, 7) is 2.48. The summed E-state index contributed by atoms with van der Waals surface area (Å²) < 4.78 is 26.6. The van der Waals surface area contributed by atoms with Crippen molar-refractivity contribution in [1.29, 1.82) is 0 Å². The maximum Gasteiger partial charge on any atom is 0.256 e. The minimum Gasteiger partial charge on any atom is -0.323 e. The predicted molar refractivity (Wildman–Crippen MR) is 115 cm³/mol. The molecule has 142 valence electrons. The number of nitrogens with zero attached hydrogens (tertiary/aromatic N) is 2. The Bertz CT molecular complexity index is 977. The van der Waals surface area contributed by atoms with Gasteiger partial charge in [-0.05, 0) is 53.3 Å². The molecule has 0 aliphatic heterocycles. The third-order valence-electron chi connectivity index (χ3n) is 4.01. The lowest BCUT2D eigenvalue weighted by Gasteiger charge is -2.22. The molecule has 0 N–H and O–H groups in total. The second-order valence-electron chi connectivity index (χ2n) is 6.28. The van der Waals surface area contributed by atoms with Crippen LogP contribution in [0.4, 0.5) is 0 Å². The van der Waals surface area contributed by atoms with E-state index in [2.05, 4.69) is 5.92 Å². The third-order valence-corrected chi connectivity index (χ3v) is 6.76. The van der Waals surface area contributed by atoms with Crippen molar-refractivity contribution < 1.29 is 13.2 Å². The quantitative estimate of drug-likeness (QED) is 0.456. The van der Waals surface area contributed by atoms with Crippen molar-refractivity contribution in [2.75, 3.05) is 20.6 Å². The van der Waals surface area contributed by atoms with Crippen molar-refractivity contribution in [2.24, 2.45) is 0 Å². The standard InChI is InChI=1S/C20H21IN2O3S/c1-5-12-23(14-16-8-6-15(2)7-9-16)20(24)18-13-17(10-11-19(18)21)27(25,26)22(3)4/h1,6-11,13H,12,14H2,2-4H3. The van der Waals surface area contributed by atoms with Crippen LogP contribution in [0, 0.1) is 22.8 Å². The molecule has 0 saturated heterocycles.